The Morgan fingerprint density at radius 1 is 0.905 bits per heavy atom. The van der Waals surface area contributed by atoms with Gasteiger partial charge in [0.1, 0.15) is 7.60 Å². The molecule has 0 saturated heterocycles. The monoisotopic (exact) mass is 356 g/mol. The molecule has 0 spiro atoms. The second kappa shape index (κ2) is 10.2. The Kier molecular flexibility index (Phi) is 13.2. The molecule has 0 rings (SSSR count). The molecule has 124 valence electrons. The zero-order valence-electron chi connectivity index (χ0n) is 14.2. The summed E-state index contributed by atoms with van der Waals surface area (Å²) in [7, 11) is -7.77. The smallest absolute Gasteiger partial charge is 0.779 e. The van der Waals surface area contributed by atoms with Crippen LogP contribution in [-0.4, -0.2) is 29.7 Å². The summed E-state index contributed by atoms with van der Waals surface area (Å²) in [6.07, 6.45) is 0. The average molecular weight is 356 g/mol. The largest absolute Gasteiger partial charge is 1.00 e. The van der Waals surface area contributed by atoms with E-state index in [1.165, 1.54) is 0 Å². The number of hydrogen-bond acceptors (Lipinski definition) is 5. The van der Waals surface area contributed by atoms with Gasteiger partial charge < -0.3 is 23.8 Å². The van der Waals surface area contributed by atoms with Crippen molar-refractivity contribution in [1.82, 2.24) is 0 Å². The van der Waals surface area contributed by atoms with Gasteiger partial charge in [-0.2, -0.15) is 0 Å². The molecule has 0 fully saturated rings. The molecule has 0 aliphatic rings. The standard InChI is InChI=1S/C6H15O3P.C5H13O4P.Na/c1-6(2,3)5-9-10(4,7)8;1-5(2,3)4-9-10(6,7)8;/h5H2,1-4H3,(H,7,8);4H2,1-3H3,(H2,6,7,8);/q;;+1/p-1. The minimum Gasteiger partial charge on any atom is -0.779 e. The summed E-state index contributed by atoms with van der Waals surface area (Å²) >= 11 is 0. The van der Waals surface area contributed by atoms with Gasteiger partial charge in [0.15, 0.2) is 0 Å². The van der Waals surface area contributed by atoms with E-state index in [1.54, 1.807) is 0 Å². The zero-order chi connectivity index (χ0) is 16.8. The maximum atomic E-state index is 10.5. The van der Waals surface area contributed by atoms with E-state index in [1.807, 2.05) is 41.5 Å². The predicted octanol–water partition coefficient (Wildman–Crippen LogP) is -0.622. The summed E-state index contributed by atoms with van der Waals surface area (Å²) < 4.78 is 29.5. The zero-order valence-corrected chi connectivity index (χ0v) is 18.0. The first-order chi connectivity index (χ1) is 8.41. The van der Waals surface area contributed by atoms with Crippen molar-refractivity contribution in [2.24, 2.45) is 10.8 Å². The van der Waals surface area contributed by atoms with Crippen molar-refractivity contribution < 1.29 is 62.4 Å². The van der Waals surface area contributed by atoms with E-state index in [9.17, 15) is 14.0 Å². The third kappa shape index (κ3) is 33.9. The molecule has 1 atom stereocenters. The van der Waals surface area contributed by atoms with Crippen LogP contribution < -0.4 is 34.5 Å². The SMILES string of the molecule is CC(C)(C)COP(=O)(O)O.CC(C)(C)COP(C)(=O)[O-].[Na+]. The van der Waals surface area contributed by atoms with E-state index in [-0.39, 0.29) is 53.6 Å². The fraction of sp³-hybridized carbons (Fsp3) is 1.00. The molecule has 0 saturated carbocycles. The molecule has 2 N–H and O–H groups in total. The van der Waals surface area contributed by atoms with Crippen LogP contribution in [0.15, 0.2) is 0 Å². The van der Waals surface area contributed by atoms with Gasteiger partial charge >= 0.3 is 37.4 Å². The molecule has 0 amide bonds. The molecule has 1 unspecified atom stereocenters. The molecule has 7 nitrogen and oxygen atoms in total. The van der Waals surface area contributed by atoms with Gasteiger partial charge in [-0.3, -0.25) is 4.52 Å². The Balaban J connectivity index is -0.000000295. The quantitative estimate of drug-likeness (QED) is 0.509. The number of phosphoric ester groups is 1. The van der Waals surface area contributed by atoms with Gasteiger partial charge in [0.2, 0.25) is 0 Å². The van der Waals surface area contributed by atoms with E-state index < -0.39 is 15.4 Å². The molecule has 0 aromatic carbocycles. The van der Waals surface area contributed by atoms with Crippen molar-refractivity contribution in [2.75, 3.05) is 19.9 Å². The summed E-state index contributed by atoms with van der Waals surface area (Å²) in [6.45, 7) is 12.7. The fourth-order valence-corrected chi connectivity index (χ4v) is 1.77. The Morgan fingerprint density at radius 3 is 1.29 bits per heavy atom. The first-order valence-corrected chi connectivity index (χ1v) is 9.56. The van der Waals surface area contributed by atoms with E-state index >= 15 is 0 Å². The van der Waals surface area contributed by atoms with E-state index in [4.69, 9.17) is 9.79 Å². The Bertz CT molecular complexity index is 326. The summed E-state index contributed by atoms with van der Waals surface area (Å²) in [5.74, 6) is 0. The van der Waals surface area contributed by atoms with Crippen molar-refractivity contribution in [3.05, 3.63) is 0 Å². The van der Waals surface area contributed by atoms with Crippen molar-refractivity contribution in [3.8, 4) is 0 Å². The normalized spacial score (nSPS) is 15.3. The molecule has 0 aliphatic heterocycles. The van der Waals surface area contributed by atoms with Gasteiger partial charge in [0.05, 0.1) is 13.2 Å². The van der Waals surface area contributed by atoms with Crippen molar-refractivity contribution in [3.63, 3.8) is 0 Å². The van der Waals surface area contributed by atoms with Crippen molar-refractivity contribution in [2.45, 2.75) is 41.5 Å². The first-order valence-electron chi connectivity index (χ1n) is 6.04. The van der Waals surface area contributed by atoms with Gasteiger partial charge in [-0.05, 0) is 10.8 Å². The van der Waals surface area contributed by atoms with Crippen LogP contribution in [0.5, 0.6) is 0 Å². The maximum Gasteiger partial charge on any atom is 1.00 e. The van der Waals surface area contributed by atoms with Crippen LogP contribution in [0.3, 0.4) is 0 Å². The number of hydrogen-bond donors (Lipinski definition) is 2. The van der Waals surface area contributed by atoms with Crippen LogP contribution in [0, 0.1) is 10.8 Å². The van der Waals surface area contributed by atoms with Gasteiger partial charge in [-0.1, -0.05) is 41.5 Å². The maximum absolute atomic E-state index is 10.5. The van der Waals surface area contributed by atoms with E-state index in [0.717, 1.165) is 6.66 Å². The van der Waals surface area contributed by atoms with Gasteiger partial charge in [-0.15, -0.1) is 0 Å². The third-order valence-electron chi connectivity index (χ3n) is 1.40. The molecule has 0 aromatic heterocycles. The second-order valence-electron chi connectivity index (χ2n) is 6.93. The minimum absolute atomic E-state index is 0. The van der Waals surface area contributed by atoms with Crippen LogP contribution in [0.1, 0.15) is 41.5 Å². The van der Waals surface area contributed by atoms with Crippen molar-refractivity contribution >= 4 is 15.4 Å². The first kappa shape index (κ1) is 27.1. The summed E-state index contributed by atoms with van der Waals surface area (Å²) in [6, 6.07) is 0. The molecule has 0 aromatic rings. The third-order valence-corrected chi connectivity index (χ3v) is 2.46. The van der Waals surface area contributed by atoms with E-state index in [2.05, 4.69) is 9.05 Å². The average Bonchev–Trinajstić information content (AvgIpc) is 2.09. The summed E-state index contributed by atoms with van der Waals surface area (Å²) in [4.78, 5) is 27.0. The topological polar surface area (TPSA) is 116 Å². The van der Waals surface area contributed by atoms with Crippen LogP contribution in [-0.2, 0) is 18.2 Å². The van der Waals surface area contributed by atoms with Gasteiger partial charge in [0.25, 0.3) is 0 Å². The molecular formula is C11H27NaO7P2. The van der Waals surface area contributed by atoms with Crippen LogP contribution in [0.4, 0.5) is 0 Å². The van der Waals surface area contributed by atoms with Crippen LogP contribution in [0.25, 0.3) is 0 Å². The number of rotatable bonds is 4. The predicted molar refractivity (Wildman–Crippen MR) is 76.4 cm³/mol. The minimum atomic E-state index is -4.26. The molecule has 0 heterocycles. The van der Waals surface area contributed by atoms with Crippen molar-refractivity contribution in [1.29, 1.82) is 0 Å². The van der Waals surface area contributed by atoms with Crippen LogP contribution >= 0.6 is 15.4 Å². The van der Waals surface area contributed by atoms with E-state index in [0.29, 0.717) is 0 Å². The Labute approximate surface area is 149 Å². The fourth-order valence-electron chi connectivity index (χ4n) is 0.589. The second-order valence-corrected chi connectivity index (χ2v) is 9.97. The van der Waals surface area contributed by atoms with Gasteiger partial charge in [-0.25, -0.2) is 4.57 Å². The van der Waals surface area contributed by atoms with Crippen LogP contribution in [0.2, 0.25) is 0 Å². The number of phosphoric acid groups is 1. The molecule has 0 bridgehead atoms. The summed E-state index contributed by atoms with van der Waals surface area (Å²) in [5.41, 5.74) is -0.294. The van der Waals surface area contributed by atoms with Gasteiger partial charge in [0, 0.05) is 6.66 Å². The summed E-state index contributed by atoms with van der Waals surface area (Å²) in [5, 5.41) is 0. The Morgan fingerprint density at radius 2 is 1.19 bits per heavy atom. The molecule has 0 aliphatic carbocycles. The molecule has 21 heavy (non-hydrogen) atoms. The molecule has 10 heteroatoms. The molecule has 0 radical (unpaired) electrons. The molecular weight excluding hydrogens is 329 g/mol. The Hall–Kier alpha value is 1.26.